The van der Waals surface area contributed by atoms with E-state index in [1.807, 2.05) is 12.1 Å². The van der Waals surface area contributed by atoms with Gasteiger partial charge in [-0.1, -0.05) is 74.6 Å². The maximum atomic E-state index is 13.0. The molecule has 1 aliphatic rings. The van der Waals surface area contributed by atoms with Gasteiger partial charge in [0.1, 0.15) is 5.82 Å². The zero-order valence-corrected chi connectivity index (χ0v) is 15.1. The summed E-state index contributed by atoms with van der Waals surface area (Å²) in [6.07, 6.45) is 9.44. The molecule has 0 amide bonds. The maximum Gasteiger partial charge on any atom is 0.123 e. The summed E-state index contributed by atoms with van der Waals surface area (Å²) >= 11 is 0. The van der Waals surface area contributed by atoms with Crippen molar-refractivity contribution in [2.75, 3.05) is 6.54 Å². The number of halogens is 1. The van der Waals surface area contributed by atoms with Crippen LogP contribution in [0.15, 0.2) is 54.6 Å². The van der Waals surface area contributed by atoms with E-state index in [4.69, 9.17) is 0 Å². The van der Waals surface area contributed by atoms with E-state index in [9.17, 15) is 4.39 Å². The largest absolute Gasteiger partial charge is 0.313 e. The Morgan fingerprint density at radius 1 is 0.880 bits per heavy atom. The third-order valence-corrected chi connectivity index (χ3v) is 5.59. The molecule has 1 atom stereocenters. The van der Waals surface area contributed by atoms with E-state index < -0.39 is 0 Å². The average Bonchev–Trinajstić information content (AvgIpc) is 2.67. The second-order valence-corrected chi connectivity index (χ2v) is 7.44. The number of hydrogen-bond acceptors (Lipinski definition) is 1. The zero-order chi connectivity index (χ0) is 17.3. The molecule has 3 rings (SSSR count). The Kier molecular flexibility index (Phi) is 7.05. The minimum Gasteiger partial charge on any atom is -0.313 e. The molecule has 1 fully saturated rings. The molecule has 0 saturated heterocycles. The molecule has 1 nitrogen and oxygen atoms in total. The summed E-state index contributed by atoms with van der Waals surface area (Å²) in [5, 5.41) is 3.55. The fourth-order valence-corrected chi connectivity index (χ4v) is 4.15. The van der Waals surface area contributed by atoms with Gasteiger partial charge in [0, 0.05) is 6.54 Å². The summed E-state index contributed by atoms with van der Waals surface area (Å²) in [7, 11) is 0. The maximum absolute atomic E-state index is 13.0. The van der Waals surface area contributed by atoms with Crippen LogP contribution in [0.5, 0.6) is 0 Å². The zero-order valence-electron chi connectivity index (χ0n) is 15.1. The first-order chi connectivity index (χ1) is 12.3. The van der Waals surface area contributed by atoms with Gasteiger partial charge < -0.3 is 5.32 Å². The Morgan fingerprint density at radius 2 is 1.60 bits per heavy atom. The van der Waals surface area contributed by atoms with Crippen molar-refractivity contribution < 1.29 is 4.39 Å². The third-order valence-electron chi connectivity index (χ3n) is 5.59. The van der Waals surface area contributed by atoms with Gasteiger partial charge >= 0.3 is 0 Å². The topological polar surface area (TPSA) is 12.0 Å². The molecule has 1 N–H and O–H groups in total. The van der Waals surface area contributed by atoms with E-state index in [2.05, 4.69) is 35.6 Å². The molecule has 0 aromatic heterocycles. The Balaban J connectivity index is 1.50. The lowest BCUT2D eigenvalue weighted by molar-refractivity contribution is 0.233. The van der Waals surface area contributed by atoms with E-state index in [1.54, 1.807) is 0 Å². The SMILES string of the molecule is Fc1ccc(CNCCC(Cc2ccccc2)C2CCCCC2)cc1. The predicted octanol–water partition coefficient (Wildman–Crippen LogP) is 5.74. The van der Waals surface area contributed by atoms with Crippen molar-refractivity contribution in [2.45, 2.75) is 51.5 Å². The van der Waals surface area contributed by atoms with Crippen LogP contribution in [0.2, 0.25) is 0 Å². The number of rotatable bonds is 8. The summed E-state index contributed by atoms with van der Waals surface area (Å²) in [5.74, 6) is 1.48. The number of hydrogen-bond donors (Lipinski definition) is 1. The quantitative estimate of drug-likeness (QED) is 0.604. The van der Waals surface area contributed by atoms with Gasteiger partial charge in [-0.25, -0.2) is 4.39 Å². The van der Waals surface area contributed by atoms with Crippen molar-refractivity contribution in [2.24, 2.45) is 11.8 Å². The van der Waals surface area contributed by atoms with Crippen LogP contribution >= 0.6 is 0 Å². The summed E-state index contributed by atoms with van der Waals surface area (Å²) in [4.78, 5) is 0. The van der Waals surface area contributed by atoms with Crippen molar-refractivity contribution in [1.29, 1.82) is 0 Å². The van der Waals surface area contributed by atoms with Crippen LogP contribution in [0.3, 0.4) is 0 Å². The molecule has 1 unspecified atom stereocenters. The van der Waals surface area contributed by atoms with E-state index in [-0.39, 0.29) is 5.82 Å². The van der Waals surface area contributed by atoms with Crippen LogP contribution in [0, 0.1) is 17.7 Å². The van der Waals surface area contributed by atoms with Gasteiger partial charge in [0.05, 0.1) is 0 Å². The molecule has 2 heteroatoms. The van der Waals surface area contributed by atoms with Crippen LogP contribution in [0.25, 0.3) is 0 Å². The molecule has 0 heterocycles. The molecular formula is C23H30FN. The van der Waals surface area contributed by atoms with Gasteiger partial charge in [-0.2, -0.15) is 0 Å². The average molecular weight is 339 g/mol. The normalized spacial score (nSPS) is 16.7. The fourth-order valence-electron chi connectivity index (χ4n) is 4.15. The summed E-state index contributed by atoms with van der Waals surface area (Å²) in [6, 6.07) is 17.7. The molecule has 1 saturated carbocycles. The minimum absolute atomic E-state index is 0.163. The molecule has 0 radical (unpaired) electrons. The first-order valence-corrected chi connectivity index (χ1v) is 9.80. The highest BCUT2D eigenvalue weighted by atomic mass is 19.1. The van der Waals surface area contributed by atoms with Crippen LogP contribution < -0.4 is 5.32 Å². The smallest absolute Gasteiger partial charge is 0.123 e. The van der Waals surface area contributed by atoms with Gasteiger partial charge in [0.2, 0.25) is 0 Å². The van der Waals surface area contributed by atoms with E-state index in [0.717, 1.165) is 30.5 Å². The van der Waals surface area contributed by atoms with Gasteiger partial charge in [-0.05, 0) is 54.5 Å². The van der Waals surface area contributed by atoms with E-state index in [0.29, 0.717) is 0 Å². The van der Waals surface area contributed by atoms with Crippen molar-refractivity contribution in [3.8, 4) is 0 Å². The number of benzene rings is 2. The van der Waals surface area contributed by atoms with E-state index >= 15 is 0 Å². The Morgan fingerprint density at radius 3 is 2.32 bits per heavy atom. The van der Waals surface area contributed by atoms with Crippen molar-refractivity contribution in [3.05, 3.63) is 71.5 Å². The second kappa shape index (κ2) is 9.72. The van der Waals surface area contributed by atoms with Crippen LogP contribution in [0.1, 0.15) is 49.7 Å². The number of nitrogens with one attached hydrogen (secondary N) is 1. The molecule has 2 aromatic rings. The minimum atomic E-state index is -0.163. The molecule has 0 bridgehead atoms. The molecular weight excluding hydrogens is 309 g/mol. The standard InChI is InChI=1S/C23H30FN/c24-23-13-11-20(12-14-23)18-25-16-15-22(21-9-5-2-6-10-21)17-19-7-3-1-4-8-19/h1,3-4,7-8,11-14,21-22,25H,2,5-6,9-10,15-18H2. The van der Waals surface area contributed by atoms with Gasteiger partial charge in [-0.15, -0.1) is 0 Å². The Bertz CT molecular complexity index is 602. The summed E-state index contributed by atoms with van der Waals surface area (Å²) in [6.45, 7) is 1.86. The fraction of sp³-hybridized carbons (Fsp3) is 0.478. The second-order valence-electron chi connectivity index (χ2n) is 7.44. The molecule has 1 aliphatic carbocycles. The Hall–Kier alpha value is -1.67. The summed E-state index contributed by atoms with van der Waals surface area (Å²) < 4.78 is 13.0. The lowest BCUT2D eigenvalue weighted by Crippen LogP contribution is -2.25. The first kappa shape index (κ1) is 18.1. The lowest BCUT2D eigenvalue weighted by atomic mass is 9.76. The van der Waals surface area contributed by atoms with Crippen LogP contribution in [0.4, 0.5) is 4.39 Å². The van der Waals surface area contributed by atoms with Crippen LogP contribution in [-0.2, 0) is 13.0 Å². The van der Waals surface area contributed by atoms with Gasteiger partial charge in [-0.3, -0.25) is 0 Å². The van der Waals surface area contributed by atoms with Gasteiger partial charge in [0.15, 0.2) is 0 Å². The molecule has 134 valence electrons. The van der Waals surface area contributed by atoms with Crippen molar-refractivity contribution in [3.63, 3.8) is 0 Å². The Labute approximate surface area is 151 Å². The molecule has 2 aromatic carbocycles. The molecule has 0 spiro atoms. The highest BCUT2D eigenvalue weighted by Crippen LogP contribution is 2.33. The molecule has 0 aliphatic heterocycles. The monoisotopic (exact) mass is 339 g/mol. The lowest BCUT2D eigenvalue weighted by Gasteiger charge is -2.30. The highest BCUT2D eigenvalue weighted by Gasteiger charge is 2.23. The van der Waals surface area contributed by atoms with Crippen LogP contribution in [-0.4, -0.2) is 6.54 Å². The van der Waals surface area contributed by atoms with Crippen molar-refractivity contribution >= 4 is 0 Å². The third kappa shape index (κ3) is 5.97. The molecule has 25 heavy (non-hydrogen) atoms. The van der Waals surface area contributed by atoms with Gasteiger partial charge in [0.25, 0.3) is 0 Å². The summed E-state index contributed by atoms with van der Waals surface area (Å²) in [5.41, 5.74) is 2.62. The predicted molar refractivity (Wildman–Crippen MR) is 103 cm³/mol. The van der Waals surface area contributed by atoms with Crippen molar-refractivity contribution in [1.82, 2.24) is 5.32 Å². The van der Waals surface area contributed by atoms with E-state index in [1.165, 1.54) is 62.6 Å². The highest BCUT2D eigenvalue weighted by molar-refractivity contribution is 5.16. The first-order valence-electron chi connectivity index (χ1n) is 9.80.